The van der Waals surface area contributed by atoms with E-state index in [1.165, 1.54) is 0 Å². The Bertz CT molecular complexity index is 375. The van der Waals surface area contributed by atoms with E-state index in [1.807, 2.05) is 0 Å². The number of rotatable bonds is 5. The Hall–Kier alpha value is -1.60. The van der Waals surface area contributed by atoms with Crippen LogP contribution in [-0.2, 0) is 11.8 Å². The molecule has 4 heteroatoms. The van der Waals surface area contributed by atoms with Crippen LogP contribution in [0.3, 0.4) is 0 Å². The molecule has 0 spiro atoms. The van der Waals surface area contributed by atoms with Gasteiger partial charge in [0.2, 0.25) is 0 Å². The minimum absolute atomic E-state index is 0.0123. The first-order valence-electron chi connectivity index (χ1n) is 4.85. The van der Waals surface area contributed by atoms with E-state index in [-0.39, 0.29) is 5.78 Å². The van der Waals surface area contributed by atoms with Gasteiger partial charge >= 0.3 is 0 Å². The second-order valence-corrected chi connectivity index (χ2v) is 3.45. The molecule has 0 aliphatic carbocycles. The molecule has 0 aromatic carbocycles. The smallest absolute Gasteiger partial charge is 0.154 e. The minimum Gasteiger partial charge on any atom is -0.318 e. The van der Waals surface area contributed by atoms with Gasteiger partial charge in [-0.05, 0) is 6.42 Å². The van der Waals surface area contributed by atoms with E-state index < -0.39 is 6.04 Å². The summed E-state index contributed by atoms with van der Waals surface area (Å²) in [5.41, 5.74) is 6.53. The van der Waals surface area contributed by atoms with Crippen LogP contribution in [-0.4, -0.2) is 15.6 Å². The van der Waals surface area contributed by atoms with E-state index in [0.717, 1.165) is 5.56 Å². The summed E-state index contributed by atoms with van der Waals surface area (Å²) in [6, 6.07) is -0.573. The van der Waals surface area contributed by atoms with Gasteiger partial charge in [-0.25, -0.2) is 0 Å². The highest BCUT2D eigenvalue weighted by Crippen LogP contribution is 2.12. The number of aromatic nitrogens is 2. The summed E-state index contributed by atoms with van der Waals surface area (Å²) < 4.78 is 1.63. The van der Waals surface area contributed by atoms with Crippen molar-refractivity contribution >= 4 is 5.78 Å². The minimum atomic E-state index is -0.573. The third-order valence-electron chi connectivity index (χ3n) is 2.18. The largest absolute Gasteiger partial charge is 0.318 e. The third kappa shape index (κ3) is 3.22. The summed E-state index contributed by atoms with van der Waals surface area (Å²) >= 11 is 0. The van der Waals surface area contributed by atoms with Crippen molar-refractivity contribution in [3.8, 4) is 12.3 Å². The summed E-state index contributed by atoms with van der Waals surface area (Å²) in [5, 5.41) is 3.97. The topological polar surface area (TPSA) is 60.9 Å². The van der Waals surface area contributed by atoms with Crippen LogP contribution in [0, 0.1) is 12.3 Å². The molecular weight excluding hydrogens is 190 g/mol. The van der Waals surface area contributed by atoms with Crippen LogP contribution in [0.1, 0.15) is 30.9 Å². The first-order chi connectivity index (χ1) is 7.15. The number of aryl methyl sites for hydroxylation is 1. The maximum atomic E-state index is 11.6. The molecule has 0 radical (unpaired) electrons. The van der Waals surface area contributed by atoms with Gasteiger partial charge in [-0.15, -0.1) is 12.3 Å². The molecule has 1 aromatic rings. The predicted molar refractivity (Wildman–Crippen MR) is 57.8 cm³/mol. The zero-order valence-corrected chi connectivity index (χ0v) is 8.81. The van der Waals surface area contributed by atoms with Crippen molar-refractivity contribution < 1.29 is 4.79 Å². The number of nitrogens with zero attached hydrogens (tertiary/aromatic N) is 2. The number of hydrogen-bond donors (Lipinski definition) is 1. The van der Waals surface area contributed by atoms with E-state index in [9.17, 15) is 4.79 Å². The second-order valence-electron chi connectivity index (χ2n) is 3.45. The molecule has 0 aliphatic rings. The predicted octanol–water partition coefficient (Wildman–Crippen LogP) is 0.792. The van der Waals surface area contributed by atoms with E-state index in [2.05, 4.69) is 11.0 Å². The number of Topliss-reactive ketones (excluding diaryl/α,β-unsaturated/α-hetero) is 1. The Morgan fingerprint density at radius 1 is 1.80 bits per heavy atom. The third-order valence-corrected chi connectivity index (χ3v) is 2.18. The summed E-state index contributed by atoms with van der Waals surface area (Å²) in [6.07, 6.45) is 10.2. The molecule has 0 fully saturated rings. The van der Waals surface area contributed by atoms with Crippen molar-refractivity contribution in [3.05, 3.63) is 18.0 Å². The molecule has 1 heterocycles. The molecule has 1 aromatic heterocycles. The summed E-state index contributed by atoms with van der Waals surface area (Å²) in [6.45, 7) is 0. The molecule has 80 valence electrons. The Balaban J connectivity index is 2.50. The highest BCUT2D eigenvalue weighted by molar-refractivity contribution is 5.84. The maximum absolute atomic E-state index is 11.6. The van der Waals surface area contributed by atoms with Crippen molar-refractivity contribution in [3.63, 3.8) is 0 Å². The lowest BCUT2D eigenvalue weighted by Crippen LogP contribution is -2.20. The standard InChI is InChI=1S/C11H15N3O/c1-3-4-5-6-10(15)11(12)9-7-13-14(2)8-9/h1,7-8,11H,4-6,12H2,2H3. The van der Waals surface area contributed by atoms with Crippen LogP contribution in [0.5, 0.6) is 0 Å². The number of carbonyl (C=O) groups is 1. The van der Waals surface area contributed by atoms with E-state index in [1.54, 1.807) is 24.1 Å². The number of terminal acetylenes is 1. The quantitative estimate of drug-likeness (QED) is 0.571. The Morgan fingerprint density at radius 3 is 3.07 bits per heavy atom. The lowest BCUT2D eigenvalue weighted by atomic mass is 10.0. The summed E-state index contributed by atoms with van der Waals surface area (Å²) in [5.74, 6) is 2.51. The van der Waals surface area contributed by atoms with E-state index in [4.69, 9.17) is 12.2 Å². The molecule has 1 rings (SSSR count). The Morgan fingerprint density at radius 2 is 2.53 bits per heavy atom. The molecule has 15 heavy (non-hydrogen) atoms. The number of nitrogens with two attached hydrogens (primary N) is 1. The molecule has 0 amide bonds. The maximum Gasteiger partial charge on any atom is 0.154 e. The Labute approximate surface area is 89.5 Å². The van der Waals surface area contributed by atoms with Crippen LogP contribution in [0.4, 0.5) is 0 Å². The summed E-state index contributed by atoms with van der Waals surface area (Å²) in [4.78, 5) is 11.6. The monoisotopic (exact) mass is 205 g/mol. The van der Waals surface area contributed by atoms with Gasteiger partial charge in [-0.1, -0.05) is 0 Å². The van der Waals surface area contributed by atoms with Crippen LogP contribution >= 0.6 is 0 Å². The SMILES string of the molecule is C#CCCCC(=O)C(N)c1cnn(C)c1. The number of ketones is 1. The fraction of sp³-hybridized carbons (Fsp3) is 0.455. The van der Waals surface area contributed by atoms with Crippen LogP contribution in [0.2, 0.25) is 0 Å². The van der Waals surface area contributed by atoms with Crippen molar-refractivity contribution in [2.75, 3.05) is 0 Å². The molecule has 0 saturated heterocycles. The van der Waals surface area contributed by atoms with Gasteiger partial charge in [0.1, 0.15) is 0 Å². The summed E-state index contributed by atoms with van der Waals surface area (Å²) in [7, 11) is 1.79. The van der Waals surface area contributed by atoms with Crippen molar-refractivity contribution in [1.29, 1.82) is 0 Å². The van der Waals surface area contributed by atoms with Gasteiger partial charge in [0, 0.05) is 31.6 Å². The average Bonchev–Trinajstić information content (AvgIpc) is 2.64. The molecule has 1 atom stereocenters. The molecule has 1 unspecified atom stereocenters. The molecule has 0 aliphatic heterocycles. The Kier molecular flexibility index (Phi) is 4.07. The van der Waals surface area contributed by atoms with Crippen LogP contribution in [0.25, 0.3) is 0 Å². The second kappa shape index (κ2) is 5.32. The van der Waals surface area contributed by atoms with Gasteiger partial charge in [0.15, 0.2) is 5.78 Å². The van der Waals surface area contributed by atoms with Crippen molar-refractivity contribution in [1.82, 2.24) is 9.78 Å². The number of unbranched alkanes of at least 4 members (excludes halogenated alkanes) is 1. The van der Waals surface area contributed by atoms with Gasteiger partial charge in [-0.2, -0.15) is 5.10 Å². The number of carbonyl (C=O) groups excluding carboxylic acids is 1. The molecule has 0 bridgehead atoms. The fourth-order valence-electron chi connectivity index (χ4n) is 1.31. The van der Waals surface area contributed by atoms with Crippen molar-refractivity contribution in [2.24, 2.45) is 12.8 Å². The first-order valence-corrected chi connectivity index (χ1v) is 4.85. The number of hydrogen-bond acceptors (Lipinski definition) is 3. The van der Waals surface area contributed by atoms with E-state index in [0.29, 0.717) is 19.3 Å². The lowest BCUT2D eigenvalue weighted by molar-refractivity contribution is -0.120. The molecule has 4 nitrogen and oxygen atoms in total. The van der Waals surface area contributed by atoms with Gasteiger partial charge in [-0.3, -0.25) is 9.48 Å². The molecule has 2 N–H and O–H groups in total. The van der Waals surface area contributed by atoms with Gasteiger partial charge in [0.05, 0.1) is 12.2 Å². The molecular formula is C11H15N3O. The average molecular weight is 205 g/mol. The van der Waals surface area contributed by atoms with Gasteiger partial charge in [0.25, 0.3) is 0 Å². The zero-order valence-electron chi connectivity index (χ0n) is 8.81. The highest BCUT2D eigenvalue weighted by Gasteiger charge is 2.16. The van der Waals surface area contributed by atoms with Crippen LogP contribution < -0.4 is 5.73 Å². The highest BCUT2D eigenvalue weighted by atomic mass is 16.1. The first kappa shape index (κ1) is 11.5. The van der Waals surface area contributed by atoms with Crippen LogP contribution in [0.15, 0.2) is 12.4 Å². The van der Waals surface area contributed by atoms with E-state index >= 15 is 0 Å². The van der Waals surface area contributed by atoms with Crippen molar-refractivity contribution in [2.45, 2.75) is 25.3 Å². The normalized spacial score (nSPS) is 12.1. The zero-order chi connectivity index (χ0) is 11.3. The fourth-order valence-corrected chi connectivity index (χ4v) is 1.31. The lowest BCUT2D eigenvalue weighted by Gasteiger charge is -2.06. The van der Waals surface area contributed by atoms with Gasteiger partial charge < -0.3 is 5.73 Å². The molecule has 0 saturated carbocycles.